The molecule has 0 radical (unpaired) electrons. The van der Waals surface area contributed by atoms with Crippen LogP contribution in [0.3, 0.4) is 0 Å². The lowest BCUT2D eigenvalue weighted by atomic mass is 9.82. The van der Waals surface area contributed by atoms with Crippen LogP contribution >= 0.6 is 0 Å². The van der Waals surface area contributed by atoms with Crippen molar-refractivity contribution in [2.24, 2.45) is 0 Å². The van der Waals surface area contributed by atoms with Gasteiger partial charge in [-0.25, -0.2) is 4.39 Å². The molecule has 116 valence electrons. The lowest BCUT2D eigenvalue weighted by Crippen LogP contribution is -2.28. The van der Waals surface area contributed by atoms with Gasteiger partial charge in [-0.1, -0.05) is 36.4 Å². The molecule has 22 heavy (non-hydrogen) atoms. The summed E-state index contributed by atoms with van der Waals surface area (Å²) < 4.78 is 42.0. The van der Waals surface area contributed by atoms with Crippen molar-refractivity contribution in [1.29, 1.82) is 0 Å². The Hall–Kier alpha value is -1.71. The first-order valence-corrected chi connectivity index (χ1v) is 7.52. The molecule has 1 aliphatic heterocycles. The third kappa shape index (κ3) is 2.79. The summed E-state index contributed by atoms with van der Waals surface area (Å²) in [7, 11) is 1.60. The topological polar surface area (TPSA) is 12.5 Å². The first-order chi connectivity index (χ1) is 11.8. The van der Waals surface area contributed by atoms with E-state index in [1.165, 1.54) is 17.0 Å². The number of ether oxygens (including phenoxy) is 1. The Kier molecular flexibility index (Phi) is 3.32. The Morgan fingerprint density at radius 2 is 2.00 bits per heavy atom. The Balaban J connectivity index is 1.88. The predicted molar refractivity (Wildman–Crippen MR) is 86.2 cm³/mol. The number of rotatable bonds is 5. The van der Waals surface area contributed by atoms with Crippen molar-refractivity contribution in [2.75, 3.05) is 20.6 Å². The van der Waals surface area contributed by atoms with Crippen LogP contribution in [0, 0.1) is 5.82 Å². The molecule has 0 saturated heterocycles. The van der Waals surface area contributed by atoms with Gasteiger partial charge in [0.2, 0.25) is 0 Å². The van der Waals surface area contributed by atoms with Gasteiger partial charge >= 0.3 is 0 Å². The molecule has 0 bridgehead atoms. The smallest absolute Gasteiger partial charge is 0.123 e. The summed E-state index contributed by atoms with van der Waals surface area (Å²) in [5.74, 6) is -0.285. The van der Waals surface area contributed by atoms with Crippen molar-refractivity contribution < 1.29 is 13.2 Å². The van der Waals surface area contributed by atoms with E-state index in [1.807, 2.05) is 24.3 Å². The monoisotopic (exact) mass is 302 g/mol. The number of hydrogen-bond acceptors (Lipinski definition) is 2. The molecule has 0 amide bonds. The van der Waals surface area contributed by atoms with E-state index >= 15 is 0 Å². The molecule has 0 N–H and O–H groups in total. The van der Waals surface area contributed by atoms with Gasteiger partial charge in [0.05, 0.1) is 6.61 Å². The normalized spacial score (nSPS) is 23.0. The van der Waals surface area contributed by atoms with E-state index in [9.17, 15) is 4.39 Å². The van der Waals surface area contributed by atoms with Crippen LogP contribution in [-0.4, -0.2) is 25.5 Å². The van der Waals surface area contributed by atoms with Gasteiger partial charge in [-0.05, 0) is 62.2 Å². The average molecular weight is 302 g/mol. The summed E-state index contributed by atoms with van der Waals surface area (Å²) in [6.07, 6.45) is 1.29. The maximum atomic E-state index is 13.4. The molecule has 0 saturated carbocycles. The Labute approximate surface area is 135 Å². The first kappa shape index (κ1) is 11.8. The molecule has 2 aromatic carbocycles. The highest BCUT2D eigenvalue weighted by Gasteiger charge is 2.41. The molecule has 1 unspecified atom stereocenters. The quantitative estimate of drug-likeness (QED) is 0.829. The lowest BCUT2D eigenvalue weighted by molar-refractivity contribution is -0.0140. The largest absolute Gasteiger partial charge is 0.361 e. The number of halogens is 1. The van der Waals surface area contributed by atoms with Crippen molar-refractivity contribution in [1.82, 2.24) is 4.90 Å². The molecule has 3 rings (SSSR count). The highest BCUT2D eigenvalue weighted by molar-refractivity contribution is 5.44. The standard InChI is InChI=1S/C19H22FNO/c1-21(2)13-5-12-19(16-8-10-17(20)11-9-16)18-7-4-3-6-15(18)14-22-19/h3-4,6-11H,5,12-14H2,1-2H3/i1D3. The van der Waals surface area contributed by atoms with Crippen LogP contribution in [-0.2, 0) is 16.9 Å². The van der Waals surface area contributed by atoms with Gasteiger partial charge < -0.3 is 9.64 Å². The van der Waals surface area contributed by atoms with Crippen LogP contribution in [0.25, 0.3) is 0 Å². The van der Waals surface area contributed by atoms with Crippen LogP contribution in [0.15, 0.2) is 48.5 Å². The molecule has 0 fully saturated rings. The van der Waals surface area contributed by atoms with Gasteiger partial charge in [0.25, 0.3) is 0 Å². The summed E-state index contributed by atoms with van der Waals surface area (Å²) in [5, 5.41) is 0. The number of hydrogen-bond donors (Lipinski definition) is 0. The Morgan fingerprint density at radius 3 is 2.77 bits per heavy atom. The molecular weight excluding hydrogens is 277 g/mol. The van der Waals surface area contributed by atoms with E-state index in [-0.39, 0.29) is 5.82 Å². The third-order valence-electron chi connectivity index (χ3n) is 4.26. The summed E-state index contributed by atoms with van der Waals surface area (Å²) in [6, 6.07) is 14.4. The van der Waals surface area contributed by atoms with Crippen molar-refractivity contribution >= 4 is 0 Å². The SMILES string of the molecule is [2H]C([2H])([2H])N(C)CCCC1(c2ccc(F)cc2)OCc2ccccc21. The van der Waals surface area contributed by atoms with E-state index in [4.69, 9.17) is 8.85 Å². The van der Waals surface area contributed by atoms with Gasteiger partial charge in [-0.2, -0.15) is 0 Å². The predicted octanol–water partition coefficient (Wildman–Crippen LogP) is 3.94. The molecule has 1 heterocycles. The Morgan fingerprint density at radius 1 is 1.23 bits per heavy atom. The van der Waals surface area contributed by atoms with E-state index in [1.54, 1.807) is 19.2 Å². The summed E-state index contributed by atoms with van der Waals surface area (Å²) in [6.45, 7) is -1.16. The fourth-order valence-corrected chi connectivity index (χ4v) is 3.19. The lowest BCUT2D eigenvalue weighted by Gasteiger charge is -2.31. The van der Waals surface area contributed by atoms with Gasteiger partial charge in [0.15, 0.2) is 0 Å². The fraction of sp³-hybridized carbons (Fsp3) is 0.368. The minimum Gasteiger partial charge on any atom is -0.361 e. The Bertz CT molecular complexity index is 732. The van der Waals surface area contributed by atoms with Crippen molar-refractivity contribution in [3.05, 3.63) is 71.0 Å². The third-order valence-corrected chi connectivity index (χ3v) is 4.26. The van der Waals surface area contributed by atoms with Crippen molar-refractivity contribution in [2.45, 2.75) is 25.0 Å². The minimum absolute atomic E-state index is 0.285. The van der Waals surface area contributed by atoms with E-state index in [0.29, 0.717) is 26.0 Å². The van der Waals surface area contributed by atoms with Crippen LogP contribution in [0.1, 0.15) is 33.6 Å². The minimum atomic E-state index is -2.10. The molecule has 0 aliphatic carbocycles. The van der Waals surface area contributed by atoms with Crippen molar-refractivity contribution in [3.63, 3.8) is 0 Å². The maximum Gasteiger partial charge on any atom is 0.123 e. The second kappa shape index (κ2) is 6.19. The van der Waals surface area contributed by atoms with Crippen LogP contribution in [0.4, 0.5) is 4.39 Å². The number of fused-ring (bicyclic) bond motifs is 1. The highest BCUT2D eigenvalue weighted by Crippen LogP contribution is 2.45. The highest BCUT2D eigenvalue weighted by atomic mass is 19.1. The zero-order valence-corrected chi connectivity index (χ0v) is 12.7. The molecule has 1 atom stereocenters. The second-order valence-electron chi connectivity index (χ2n) is 5.80. The average Bonchev–Trinajstić information content (AvgIpc) is 2.95. The molecule has 0 spiro atoms. The first-order valence-electron chi connectivity index (χ1n) is 9.02. The van der Waals surface area contributed by atoms with E-state index in [2.05, 4.69) is 0 Å². The zero-order chi connectivity index (χ0) is 18.1. The number of benzene rings is 2. The summed E-state index contributed by atoms with van der Waals surface area (Å²) in [5.41, 5.74) is 2.45. The molecule has 3 heteroatoms. The van der Waals surface area contributed by atoms with Crippen molar-refractivity contribution in [3.8, 4) is 0 Å². The zero-order valence-electron chi connectivity index (χ0n) is 15.7. The fourth-order valence-electron chi connectivity index (χ4n) is 3.19. The molecule has 2 nitrogen and oxygen atoms in total. The second-order valence-corrected chi connectivity index (χ2v) is 5.80. The summed E-state index contributed by atoms with van der Waals surface area (Å²) >= 11 is 0. The van der Waals surface area contributed by atoms with Gasteiger partial charge in [-0.3, -0.25) is 0 Å². The number of nitrogens with zero attached hydrogens (tertiary/aromatic N) is 1. The van der Waals surface area contributed by atoms with Gasteiger partial charge in [-0.15, -0.1) is 0 Å². The maximum absolute atomic E-state index is 13.4. The van der Waals surface area contributed by atoms with Gasteiger partial charge in [0.1, 0.15) is 11.4 Å². The van der Waals surface area contributed by atoms with Crippen LogP contribution in [0.2, 0.25) is 0 Å². The molecule has 1 aliphatic rings. The van der Waals surface area contributed by atoms with E-state index < -0.39 is 12.6 Å². The molecular formula is C19H22FNO. The van der Waals surface area contributed by atoms with Crippen LogP contribution < -0.4 is 0 Å². The van der Waals surface area contributed by atoms with E-state index in [0.717, 1.165) is 16.7 Å². The van der Waals surface area contributed by atoms with Crippen LogP contribution in [0.5, 0.6) is 0 Å². The van der Waals surface area contributed by atoms with Gasteiger partial charge in [0, 0.05) is 4.11 Å². The molecule has 2 aromatic rings. The summed E-state index contributed by atoms with van der Waals surface area (Å²) in [4.78, 5) is 1.37. The molecule has 0 aromatic heterocycles.